The van der Waals surface area contributed by atoms with Crippen LogP contribution < -0.4 is 10.1 Å². The van der Waals surface area contributed by atoms with Gasteiger partial charge in [0.25, 0.3) is 5.91 Å². The molecule has 1 amide bonds. The fraction of sp³-hybridized carbons (Fsp3) is 0.130. The molecule has 0 atom stereocenters. The van der Waals surface area contributed by atoms with E-state index in [2.05, 4.69) is 33.0 Å². The number of ether oxygens (including phenoxy) is 1. The Morgan fingerprint density at radius 2 is 1.80 bits per heavy atom. The summed E-state index contributed by atoms with van der Waals surface area (Å²) in [6, 6.07) is 25.3. The Bertz CT molecular complexity index is 1140. The molecule has 4 aromatic rings. The van der Waals surface area contributed by atoms with Crippen molar-refractivity contribution in [3.8, 4) is 17.1 Å². The van der Waals surface area contributed by atoms with Gasteiger partial charge in [0.1, 0.15) is 5.75 Å². The van der Waals surface area contributed by atoms with E-state index in [0.717, 1.165) is 17.5 Å². The first-order chi connectivity index (χ1) is 14.7. The van der Waals surface area contributed by atoms with Crippen molar-refractivity contribution in [3.05, 3.63) is 90.0 Å². The lowest BCUT2D eigenvalue weighted by Gasteiger charge is -2.12. The fourth-order valence-corrected chi connectivity index (χ4v) is 3.16. The Morgan fingerprint density at radius 1 is 1.00 bits per heavy atom. The van der Waals surface area contributed by atoms with E-state index in [1.165, 1.54) is 5.56 Å². The Hall–Kier alpha value is -4.00. The van der Waals surface area contributed by atoms with Crippen molar-refractivity contribution in [3.63, 3.8) is 0 Å². The molecule has 0 aliphatic heterocycles. The summed E-state index contributed by atoms with van der Waals surface area (Å²) >= 11 is 0. The van der Waals surface area contributed by atoms with Crippen LogP contribution in [0.5, 0.6) is 5.75 Å². The van der Waals surface area contributed by atoms with Gasteiger partial charge < -0.3 is 10.1 Å². The molecule has 0 bridgehead atoms. The van der Waals surface area contributed by atoms with Crippen LogP contribution in [0.2, 0.25) is 0 Å². The molecular formula is C23H21N5O2. The van der Waals surface area contributed by atoms with E-state index < -0.39 is 0 Å². The summed E-state index contributed by atoms with van der Waals surface area (Å²) < 4.78 is 7.39. The highest BCUT2D eigenvalue weighted by atomic mass is 16.5. The molecule has 7 heteroatoms. The summed E-state index contributed by atoms with van der Waals surface area (Å²) in [5.74, 6) is 1.09. The van der Waals surface area contributed by atoms with Crippen molar-refractivity contribution < 1.29 is 9.53 Å². The summed E-state index contributed by atoms with van der Waals surface area (Å²) in [5.41, 5.74) is 3.69. The second kappa shape index (κ2) is 9.00. The third-order valence-electron chi connectivity index (χ3n) is 4.59. The smallest absolute Gasteiger partial charge is 0.262 e. The van der Waals surface area contributed by atoms with E-state index >= 15 is 0 Å². The molecule has 3 aromatic carbocycles. The number of benzene rings is 3. The SMILES string of the molecule is Cn1nnnc1-c1cccc(NC(=O)COc2ccccc2Cc2ccccc2)c1. The molecule has 0 fully saturated rings. The Morgan fingerprint density at radius 3 is 2.60 bits per heavy atom. The lowest BCUT2D eigenvalue weighted by Crippen LogP contribution is -2.20. The van der Waals surface area contributed by atoms with Crippen molar-refractivity contribution in [2.24, 2.45) is 7.05 Å². The van der Waals surface area contributed by atoms with Gasteiger partial charge in [0.15, 0.2) is 12.4 Å². The summed E-state index contributed by atoms with van der Waals surface area (Å²) in [6.07, 6.45) is 0.742. The fourth-order valence-electron chi connectivity index (χ4n) is 3.16. The molecule has 0 radical (unpaired) electrons. The standard InChI is InChI=1S/C23H21N5O2/c1-28-23(25-26-27-28)19-11-7-12-20(15-19)24-22(29)16-30-21-13-6-5-10-18(21)14-17-8-3-2-4-9-17/h2-13,15H,14,16H2,1H3,(H,24,29). The number of hydrogen-bond acceptors (Lipinski definition) is 5. The lowest BCUT2D eigenvalue weighted by molar-refractivity contribution is -0.118. The number of carbonyl (C=O) groups is 1. The van der Waals surface area contributed by atoms with Crippen LogP contribution in [0.3, 0.4) is 0 Å². The molecule has 0 unspecified atom stereocenters. The number of amides is 1. The number of nitrogens with zero attached hydrogens (tertiary/aromatic N) is 4. The zero-order valence-electron chi connectivity index (χ0n) is 16.5. The summed E-state index contributed by atoms with van der Waals surface area (Å²) in [6.45, 7) is -0.0818. The molecule has 0 saturated carbocycles. The van der Waals surface area contributed by atoms with E-state index in [4.69, 9.17) is 4.74 Å². The maximum absolute atomic E-state index is 12.4. The first-order valence-corrected chi connectivity index (χ1v) is 9.56. The van der Waals surface area contributed by atoms with Crippen LogP contribution >= 0.6 is 0 Å². The molecule has 30 heavy (non-hydrogen) atoms. The molecule has 4 rings (SSSR count). The topological polar surface area (TPSA) is 81.9 Å². The van der Waals surface area contributed by atoms with Gasteiger partial charge in [-0.1, -0.05) is 60.7 Å². The van der Waals surface area contributed by atoms with Crippen molar-refractivity contribution in [1.29, 1.82) is 0 Å². The van der Waals surface area contributed by atoms with Gasteiger partial charge in [0.05, 0.1) is 0 Å². The number of aromatic nitrogens is 4. The van der Waals surface area contributed by atoms with E-state index in [1.807, 2.05) is 66.7 Å². The molecule has 0 aliphatic rings. The van der Waals surface area contributed by atoms with Crippen LogP contribution in [0.25, 0.3) is 11.4 Å². The van der Waals surface area contributed by atoms with Crippen LogP contribution in [0, 0.1) is 0 Å². The van der Waals surface area contributed by atoms with Crippen molar-refractivity contribution in [2.45, 2.75) is 6.42 Å². The second-order valence-corrected chi connectivity index (χ2v) is 6.81. The average Bonchev–Trinajstić information content (AvgIpc) is 3.20. The number of nitrogens with one attached hydrogen (secondary N) is 1. The molecule has 0 saturated heterocycles. The Labute approximate surface area is 174 Å². The number of tetrazole rings is 1. The van der Waals surface area contributed by atoms with E-state index in [1.54, 1.807) is 11.7 Å². The van der Waals surface area contributed by atoms with Crippen molar-refractivity contribution in [1.82, 2.24) is 20.2 Å². The van der Waals surface area contributed by atoms with Gasteiger partial charge in [0, 0.05) is 24.7 Å². The van der Waals surface area contributed by atoms with Crippen molar-refractivity contribution in [2.75, 3.05) is 11.9 Å². The van der Waals surface area contributed by atoms with E-state index in [-0.39, 0.29) is 12.5 Å². The number of rotatable bonds is 7. The number of hydrogen-bond donors (Lipinski definition) is 1. The maximum Gasteiger partial charge on any atom is 0.262 e. The molecule has 1 N–H and O–H groups in total. The van der Waals surface area contributed by atoms with Gasteiger partial charge in [-0.3, -0.25) is 4.79 Å². The van der Waals surface area contributed by atoms with Gasteiger partial charge in [0.2, 0.25) is 0 Å². The quantitative estimate of drug-likeness (QED) is 0.514. The van der Waals surface area contributed by atoms with Crippen LogP contribution in [0.15, 0.2) is 78.9 Å². The number of carbonyl (C=O) groups excluding carboxylic acids is 1. The number of para-hydroxylation sites is 1. The summed E-state index contributed by atoms with van der Waals surface area (Å²) in [5, 5.41) is 14.3. The van der Waals surface area contributed by atoms with Crippen LogP contribution in [0.1, 0.15) is 11.1 Å². The minimum absolute atomic E-state index is 0.0818. The highest BCUT2D eigenvalue weighted by Gasteiger charge is 2.10. The maximum atomic E-state index is 12.4. The van der Waals surface area contributed by atoms with E-state index in [9.17, 15) is 4.79 Å². The van der Waals surface area contributed by atoms with Gasteiger partial charge in [-0.2, -0.15) is 0 Å². The molecule has 0 aliphatic carbocycles. The average molecular weight is 399 g/mol. The molecule has 1 aromatic heterocycles. The predicted molar refractivity (Wildman–Crippen MR) is 114 cm³/mol. The van der Waals surface area contributed by atoms with Crippen LogP contribution in [-0.2, 0) is 18.3 Å². The highest BCUT2D eigenvalue weighted by Crippen LogP contribution is 2.22. The van der Waals surface area contributed by atoms with Gasteiger partial charge in [-0.05, 0) is 39.8 Å². The number of anilines is 1. The summed E-state index contributed by atoms with van der Waals surface area (Å²) in [4.78, 5) is 12.4. The largest absolute Gasteiger partial charge is 0.483 e. The third kappa shape index (κ3) is 4.70. The van der Waals surface area contributed by atoms with Crippen LogP contribution in [0.4, 0.5) is 5.69 Å². The number of aryl methyl sites for hydroxylation is 1. The van der Waals surface area contributed by atoms with Gasteiger partial charge in [-0.25, -0.2) is 4.68 Å². The van der Waals surface area contributed by atoms with Crippen molar-refractivity contribution >= 4 is 11.6 Å². The Balaban J connectivity index is 1.40. The van der Waals surface area contributed by atoms with E-state index in [0.29, 0.717) is 17.3 Å². The zero-order valence-corrected chi connectivity index (χ0v) is 16.5. The highest BCUT2D eigenvalue weighted by molar-refractivity contribution is 5.92. The molecule has 1 heterocycles. The minimum Gasteiger partial charge on any atom is -0.483 e. The zero-order chi connectivity index (χ0) is 20.8. The minimum atomic E-state index is -0.238. The molecular weight excluding hydrogens is 378 g/mol. The van der Waals surface area contributed by atoms with Gasteiger partial charge in [-0.15, -0.1) is 5.10 Å². The lowest BCUT2D eigenvalue weighted by atomic mass is 10.0. The first-order valence-electron chi connectivity index (χ1n) is 9.56. The first kappa shape index (κ1) is 19.3. The third-order valence-corrected chi connectivity index (χ3v) is 4.59. The van der Waals surface area contributed by atoms with Gasteiger partial charge >= 0.3 is 0 Å². The molecule has 150 valence electrons. The normalized spacial score (nSPS) is 10.6. The monoisotopic (exact) mass is 399 g/mol. The molecule has 0 spiro atoms. The second-order valence-electron chi connectivity index (χ2n) is 6.81. The summed E-state index contributed by atoms with van der Waals surface area (Å²) in [7, 11) is 1.77. The Kier molecular flexibility index (Phi) is 5.80. The molecule has 7 nitrogen and oxygen atoms in total. The van der Waals surface area contributed by atoms with Crippen LogP contribution in [-0.4, -0.2) is 32.7 Å². The predicted octanol–water partition coefficient (Wildman–Crippen LogP) is 3.49.